The summed E-state index contributed by atoms with van der Waals surface area (Å²) in [5.74, 6) is 0.116. The summed E-state index contributed by atoms with van der Waals surface area (Å²) in [5, 5.41) is 0. The van der Waals surface area contributed by atoms with E-state index >= 15 is 0 Å². The highest BCUT2D eigenvalue weighted by Crippen LogP contribution is 2.16. The predicted molar refractivity (Wildman–Crippen MR) is 90.3 cm³/mol. The van der Waals surface area contributed by atoms with Gasteiger partial charge in [-0.1, -0.05) is 13.8 Å². The van der Waals surface area contributed by atoms with Gasteiger partial charge >= 0.3 is 0 Å². The molecule has 122 valence electrons. The van der Waals surface area contributed by atoms with E-state index in [-0.39, 0.29) is 11.9 Å². The minimum absolute atomic E-state index is 0.237. The summed E-state index contributed by atoms with van der Waals surface area (Å²) < 4.78 is 12.9. The van der Waals surface area contributed by atoms with E-state index in [9.17, 15) is 4.39 Å². The fourth-order valence-corrected chi connectivity index (χ4v) is 2.14. The third-order valence-electron chi connectivity index (χ3n) is 3.40. The minimum atomic E-state index is -0.299. The van der Waals surface area contributed by atoms with Crippen molar-refractivity contribution in [3.05, 3.63) is 41.8 Å². The first-order chi connectivity index (χ1) is 10.6. The van der Waals surface area contributed by atoms with Gasteiger partial charge in [0.2, 0.25) is 0 Å². The van der Waals surface area contributed by atoms with Gasteiger partial charge in [-0.15, -0.1) is 0 Å². The second-order valence-corrected chi connectivity index (χ2v) is 4.85. The average Bonchev–Trinajstić information content (AvgIpc) is 2.56. The van der Waals surface area contributed by atoms with Crippen molar-refractivity contribution in [1.82, 2.24) is 4.90 Å². The molecule has 0 atom stereocenters. The number of halogens is 1. The number of rotatable bonds is 2. The maximum absolute atomic E-state index is 12.9. The first kappa shape index (κ1) is 18.0. The zero-order chi connectivity index (χ0) is 16.5. The van der Waals surface area contributed by atoms with Crippen LogP contribution in [-0.4, -0.2) is 30.0 Å². The highest BCUT2D eigenvalue weighted by atomic mass is 19.1. The van der Waals surface area contributed by atoms with E-state index in [0.717, 1.165) is 31.5 Å². The molecule has 1 heterocycles. The number of nitrogens with two attached hydrogens (primary N) is 3. The van der Waals surface area contributed by atoms with Gasteiger partial charge in [-0.05, 0) is 37.1 Å². The summed E-state index contributed by atoms with van der Waals surface area (Å²) in [6.07, 6.45) is 3.17. The van der Waals surface area contributed by atoms with Crippen LogP contribution in [0.25, 0.3) is 5.70 Å². The molecule has 1 aliphatic heterocycles. The molecule has 6 N–H and O–H groups in total. The Morgan fingerprint density at radius 3 is 2.27 bits per heavy atom. The van der Waals surface area contributed by atoms with Gasteiger partial charge < -0.3 is 22.1 Å². The summed E-state index contributed by atoms with van der Waals surface area (Å²) >= 11 is 0. The molecule has 0 unspecified atom stereocenters. The Morgan fingerprint density at radius 1 is 1.23 bits per heavy atom. The van der Waals surface area contributed by atoms with Crippen LogP contribution in [0.2, 0.25) is 0 Å². The summed E-state index contributed by atoms with van der Waals surface area (Å²) in [7, 11) is 0. The van der Waals surface area contributed by atoms with Crippen molar-refractivity contribution < 1.29 is 4.39 Å². The molecular weight excluding hydrogens is 281 g/mol. The van der Waals surface area contributed by atoms with Crippen LogP contribution in [0.1, 0.15) is 32.3 Å². The molecule has 0 amide bonds. The molecule has 2 rings (SSSR count). The Balaban J connectivity index is 0.00000116. The average molecular weight is 307 g/mol. The molecule has 1 fully saturated rings. The van der Waals surface area contributed by atoms with Crippen molar-refractivity contribution in [2.45, 2.75) is 32.7 Å². The summed E-state index contributed by atoms with van der Waals surface area (Å²) in [5.41, 5.74) is 18.7. The maximum atomic E-state index is 12.9. The fourth-order valence-electron chi connectivity index (χ4n) is 2.14. The molecular formula is C16H26FN5. The lowest BCUT2D eigenvalue weighted by atomic mass is 10.1. The second kappa shape index (κ2) is 9.04. The van der Waals surface area contributed by atoms with Gasteiger partial charge in [-0.3, -0.25) is 0 Å². The highest BCUT2D eigenvalue weighted by molar-refractivity contribution is 5.85. The molecule has 22 heavy (non-hydrogen) atoms. The maximum Gasteiger partial charge on any atom is 0.196 e. The van der Waals surface area contributed by atoms with Gasteiger partial charge in [0.1, 0.15) is 5.82 Å². The SMILES string of the molecule is CC.N/C=C(\N=C(N)N1CCC(N)CC1)c1ccc(F)cc1. The lowest BCUT2D eigenvalue weighted by molar-refractivity contribution is 0.311. The summed E-state index contributed by atoms with van der Waals surface area (Å²) in [6, 6.07) is 6.21. The summed E-state index contributed by atoms with van der Waals surface area (Å²) in [6.45, 7) is 5.58. The molecule has 0 bridgehead atoms. The van der Waals surface area contributed by atoms with Crippen LogP contribution in [0.3, 0.4) is 0 Å². The van der Waals surface area contributed by atoms with E-state index in [4.69, 9.17) is 17.2 Å². The van der Waals surface area contributed by atoms with Gasteiger partial charge in [-0.2, -0.15) is 0 Å². The van der Waals surface area contributed by atoms with Crippen molar-refractivity contribution in [2.75, 3.05) is 13.1 Å². The fraction of sp³-hybridized carbons (Fsp3) is 0.438. The van der Waals surface area contributed by atoms with Crippen molar-refractivity contribution in [3.63, 3.8) is 0 Å². The van der Waals surface area contributed by atoms with Crippen LogP contribution in [0.5, 0.6) is 0 Å². The van der Waals surface area contributed by atoms with Crippen molar-refractivity contribution in [1.29, 1.82) is 0 Å². The Bertz CT molecular complexity index is 502. The van der Waals surface area contributed by atoms with Crippen LogP contribution in [0.15, 0.2) is 35.5 Å². The summed E-state index contributed by atoms with van der Waals surface area (Å²) in [4.78, 5) is 6.32. The van der Waals surface area contributed by atoms with Gasteiger partial charge in [0.05, 0.1) is 5.70 Å². The molecule has 1 saturated heterocycles. The topological polar surface area (TPSA) is 93.7 Å². The second-order valence-electron chi connectivity index (χ2n) is 4.85. The Hall–Kier alpha value is -2.08. The number of aliphatic imine (C=N–C) groups is 1. The smallest absolute Gasteiger partial charge is 0.196 e. The molecule has 0 aliphatic carbocycles. The standard InChI is InChI=1S/C14H20FN5.C2H6/c15-11-3-1-10(2-4-11)13(9-16)19-14(18)20-7-5-12(17)6-8-20;1-2/h1-4,9,12H,5-8,16-17H2,(H2,18,19);1-2H3/b13-9-;. The zero-order valence-corrected chi connectivity index (χ0v) is 13.3. The first-order valence-electron chi connectivity index (χ1n) is 7.62. The predicted octanol–water partition coefficient (Wildman–Crippen LogP) is 1.85. The number of nitrogens with zero attached hydrogens (tertiary/aromatic N) is 2. The number of hydrogen-bond acceptors (Lipinski definition) is 3. The third kappa shape index (κ3) is 5.04. The van der Waals surface area contributed by atoms with Crippen LogP contribution >= 0.6 is 0 Å². The quantitative estimate of drug-likeness (QED) is 0.574. The highest BCUT2D eigenvalue weighted by Gasteiger charge is 2.17. The lowest BCUT2D eigenvalue weighted by Gasteiger charge is -2.30. The largest absolute Gasteiger partial charge is 0.403 e. The van der Waals surface area contributed by atoms with E-state index in [2.05, 4.69) is 4.99 Å². The van der Waals surface area contributed by atoms with Crippen molar-refractivity contribution in [2.24, 2.45) is 22.2 Å². The molecule has 5 nitrogen and oxygen atoms in total. The molecule has 6 heteroatoms. The molecule has 0 spiro atoms. The van der Waals surface area contributed by atoms with E-state index < -0.39 is 0 Å². The molecule has 0 radical (unpaired) electrons. The van der Waals surface area contributed by atoms with Gasteiger partial charge in [0.15, 0.2) is 5.96 Å². The van der Waals surface area contributed by atoms with Crippen LogP contribution < -0.4 is 17.2 Å². The zero-order valence-electron chi connectivity index (χ0n) is 13.3. The Labute approximate surface area is 131 Å². The number of hydrogen-bond donors (Lipinski definition) is 3. The lowest BCUT2D eigenvalue weighted by Crippen LogP contribution is -2.46. The molecule has 0 saturated carbocycles. The van der Waals surface area contributed by atoms with Gasteiger partial charge in [0.25, 0.3) is 0 Å². The minimum Gasteiger partial charge on any atom is -0.403 e. The Morgan fingerprint density at radius 2 is 1.77 bits per heavy atom. The van der Waals surface area contributed by atoms with Crippen molar-refractivity contribution >= 4 is 11.7 Å². The van der Waals surface area contributed by atoms with Crippen LogP contribution in [-0.2, 0) is 0 Å². The Kier molecular flexibility index (Phi) is 7.39. The number of likely N-dealkylation sites (tertiary alicyclic amines) is 1. The molecule has 1 aromatic carbocycles. The van der Waals surface area contributed by atoms with E-state index in [1.165, 1.54) is 18.3 Å². The number of benzene rings is 1. The monoisotopic (exact) mass is 307 g/mol. The van der Waals surface area contributed by atoms with Gasteiger partial charge in [0, 0.05) is 30.9 Å². The third-order valence-corrected chi connectivity index (χ3v) is 3.40. The van der Waals surface area contributed by atoms with E-state index in [1.54, 1.807) is 12.1 Å². The number of piperidine rings is 1. The van der Waals surface area contributed by atoms with E-state index in [1.807, 2.05) is 18.7 Å². The van der Waals surface area contributed by atoms with Gasteiger partial charge in [-0.25, -0.2) is 9.38 Å². The molecule has 0 aromatic heterocycles. The molecule has 1 aliphatic rings. The number of guanidine groups is 1. The first-order valence-corrected chi connectivity index (χ1v) is 7.62. The van der Waals surface area contributed by atoms with E-state index in [0.29, 0.717) is 11.7 Å². The van der Waals surface area contributed by atoms with Crippen LogP contribution in [0, 0.1) is 5.82 Å². The van der Waals surface area contributed by atoms with Crippen molar-refractivity contribution in [3.8, 4) is 0 Å². The normalized spacial score (nSPS) is 17.0. The molecule has 1 aromatic rings. The van der Waals surface area contributed by atoms with Crippen LogP contribution in [0.4, 0.5) is 4.39 Å².